The fraction of sp³-hybridized carbons (Fsp3) is 0.538. The number of benzene rings is 1. The molecule has 0 saturated carbocycles. The average molecular weight is 256 g/mol. The first-order valence-corrected chi connectivity index (χ1v) is 7.82. The zero-order valence-corrected chi connectivity index (χ0v) is 11.7. The van der Waals surface area contributed by atoms with E-state index in [4.69, 9.17) is 9.05 Å². The van der Waals surface area contributed by atoms with Crippen molar-refractivity contribution in [2.24, 2.45) is 0 Å². The summed E-state index contributed by atoms with van der Waals surface area (Å²) in [5, 5.41) is 0. The number of rotatable bonds is 7. The molecule has 0 N–H and O–H groups in total. The smallest absolute Gasteiger partial charge is 0.309 e. The molecule has 17 heavy (non-hydrogen) atoms. The molecule has 0 aliphatic heterocycles. The van der Waals surface area contributed by atoms with Crippen LogP contribution in [0.2, 0.25) is 0 Å². The van der Waals surface area contributed by atoms with Crippen LogP contribution in [0.1, 0.15) is 31.9 Å². The van der Waals surface area contributed by atoms with Crippen LogP contribution in [0.5, 0.6) is 0 Å². The van der Waals surface area contributed by atoms with Crippen molar-refractivity contribution in [3.8, 4) is 0 Å². The molecule has 0 saturated heterocycles. The minimum atomic E-state index is -2.98. The van der Waals surface area contributed by atoms with Gasteiger partial charge in [0.05, 0.1) is 19.4 Å². The first-order chi connectivity index (χ1) is 8.15. The largest absolute Gasteiger partial charge is 0.335 e. The highest BCUT2D eigenvalue weighted by Gasteiger charge is 2.24. The lowest BCUT2D eigenvalue weighted by molar-refractivity contribution is 0.219. The number of aryl methyl sites for hydroxylation is 1. The van der Waals surface area contributed by atoms with Gasteiger partial charge in [-0.25, -0.2) is 0 Å². The van der Waals surface area contributed by atoms with Gasteiger partial charge in [-0.15, -0.1) is 0 Å². The Morgan fingerprint density at radius 2 is 1.53 bits per heavy atom. The molecule has 0 radical (unpaired) electrons. The molecule has 0 spiro atoms. The van der Waals surface area contributed by atoms with Crippen molar-refractivity contribution in [1.82, 2.24) is 0 Å². The fourth-order valence-electron chi connectivity index (χ4n) is 1.79. The van der Waals surface area contributed by atoms with E-state index in [1.54, 1.807) is 0 Å². The van der Waals surface area contributed by atoms with Crippen LogP contribution in [0, 0.1) is 0 Å². The molecule has 1 aromatic carbocycles. The van der Waals surface area contributed by atoms with Crippen molar-refractivity contribution in [3.05, 3.63) is 35.4 Å². The summed E-state index contributed by atoms with van der Waals surface area (Å²) in [5.74, 6) is 0. The van der Waals surface area contributed by atoms with Gasteiger partial charge in [0.25, 0.3) is 0 Å². The van der Waals surface area contributed by atoms with Gasteiger partial charge in [0.2, 0.25) is 0 Å². The van der Waals surface area contributed by atoms with E-state index in [1.165, 1.54) is 5.56 Å². The van der Waals surface area contributed by atoms with Gasteiger partial charge in [-0.1, -0.05) is 31.2 Å². The first-order valence-electron chi connectivity index (χ1n) is 6.10. The van der Waals surface area contributed by atoms with E-state index >= 15 is 0 Å². The Kier molecular flexibility index (Phi) is 5.90. The van der Waals surface area contributed by atoms with E-state index in [0.29, 0.717) is 19.4 Å². The SMILES string of the molecule is CCOP(=O)(Cc1ccccc1CC)OCC. The summed E-state index contributed by atoms with van der Waals surface area (Å²) in [4.78, 5) is 0. The maximum Gasteiger partial charge on any atom is 0.335 e. The summed E-state index contributed by atoms with van der Waals surface area (Å²) in [6.07, 6.45) is 1.28. The van der Waals surface area contributed by atoms with Crippen molar-refractivity contribution in [2.75, 3.05) is 13.2 Å². The van der Waals surface area contributed by atoms with Crippen LogP contribution in [0.4, 0.5) is 0 Å². The van der Waals surface area contributed by atoms with Crippen LogP contribution in [0.3, 0.4) is 0 Å². The molecule has 4 heteroatoms. The molecule has 0 amide bonds. The van der Waals surface area contributed by atoms with E-state index in [9.17, 15) is 4.57 Å². The van der Waals surface area contributed by atoms with Crippen molar-refractivity contribution in [3.63, 3.8) is 0 Å². The molecule has 1 aromatic rings. The highest BCUT2D eigenvalue weighted by atomic mass is 31.2. The summed E-state index contributed by atoms with van der Waals surface area (Å²) >= 11 is 0. The van der Waals surface area contributed by atoms with E-state index in [0.717, 1.165) is 12.0 Å². The second-order valence-corrected chi connectivity index (χ2v) is 5.78. The molecule has 0 heterocycles. The lowest BCUT2D eigenvalue weighted by Gasteiger charge is -2.18. The molecule has 0 atom stereocenters. The van der Waals surface area contributed by atoms with Gasteiger partial charge < -0.3 is 9.05 Å². The van der Waals surface area contributed by atoms with E-state index in [1.807, 2.05) is 32.0 Å². The predicted molar refractivity (Wildman–Crippen MR) is 70.4 cm³/mol. The molecule has 0 bridgehead atoms. The molecule has 0 aromatic heterocycles. The Labute approximate surface area is 104 Å². The molecule has 0 aliphatic rings. The maximum atomic E-state index is 12.4. The molecule has 3 nitrogen and oxygen atoms in total. The van der Waals surface area contributed by atoms with Crippen molar-refractivity contribution in [1.29, 1.82) is 0 Å². The van der Waals surface area contributed by atoms with E-state index in [2.05, 4.69) is 13.0 Å². The lowest BCUT2D eigenvalue weighted by Crippen LogP contribution is -2.01. The summed E-state index contributed by atoms with van der Waals surface area (Å²) in [6.45, 7) is 6.57. The molecule has 0 aliphatic carbocycles. The zero-order chi connectivity index (χ0) is 12.7. The third kappa shape index (κ3) is 4.27. The standard InChI is InChI=1S/C13H21O3P/c1-4-12-9-7-8-10-13(12)11-17(14,15-5-2)16-6-3/h7-10H,4-6,11H2,1-3H3. The number of hydrogen-bond acceptors (Lipinski definition) is 3. The Morgan fingerprint density at radius 3 is 2.00 bits per heavy atom. The summed E-state index contributed by atoms with van der Waals surface area (Å²) in [6, 6.07) is 7.99. The normalized spacial score (nSPS) is 11.7. The Hall–Kier alpha value is -0.630. The Bertz CT molecular complexity index is 380. The summed E-state index contributed by atoms with van der Waals surface area (Å²) in [5.41, 5.74) is 2.26. The minimum absolute atomic E-state index is 0.360. The van der Waals surface area contributed by atoms with Crippen LogP contribution >= 0.6 is 7.60 Å². The molecule has 96 valence electrons. The second kappa shape index (κ2) is 6.95. The van der Waals surface area contributed by atoms with Gasteiger partial charge in [-0.05, 0) is 31.4 Å². The lowest BCUT2D eigenvalue weighted by atomic mass is 10.1. The minimum Gasteiger partial charge on any atom is -0.309 e. The van der Waals surface area contributed by atoms with Crippen molar-refractivity contribution < 1.29 is 13.6 Å². The highest BCUT2D eigenvalue weighted by Crippen LogP contribution is 2.51. The van der Waals surface area contributed by atoms with Crippen molar-refractivity contribution in [2.45, 2.75) is 33.4 Å². The molecule has 0 unspecified atom stereocenters. The van der Waals surface area contributed by atoms with Gasteiger partial charge in [0.15, 0.2) is 0 Å². The van der Waals surface area contributed by atoms with Gasteiger partial charge in [-0.3, -0.25) is 4.57 Å². The Morgan fingerprint density at radius 1 is 1.00 bits per heavy atom. The summed E-state index contributed by atoms with van der Waals surface area (Å²) in [7, 11) is -2.98. The Balaban J connectivity index is 2.89. The summed E-state index contributed by atoms with van der Waals surface area (Å²) < 4.78 is 23.0. The highest BCUT2D eigenvalue weighted by molar-refractivity contribution is 7.53. The zero-order valence-electron chi connectivity index (χ0n) is 10.8. The molecular formula is C13H21O3P. The number of hydrogen-bond donors (Lipinski definition) is 0. The van der Waals surface area contributed by atoms with Crippen molar-refractivity contribution >= 4 is 7.60 Å². The fourth-order valence-corrected chi connectivity index (χ4v) is 3.56. The third-order valence-electron chi connectivity index (χ3n) is 2.51. The van der Waals surface area contributed by atoms with Gasteiger partial charge in [0, 0.05) is 0 Å². The maximum absolute atomic E-state index is 12.4. The third-order valence-corrected chi connectivity index (χ3v) is 4.55. The topological polar surface area (TPSA) is 35.5 Å². The van der Waals surface area contributed by atoms with Crippen LogP contribution in [-0.4, -0.2) is 13.2 Å². The van der Waals surface area contributed by atoms with Gasteiger partial charge in [-0.2, -0.15) is 0 Å². The van der Waals surface area contributed by atoms with Gasteiger partial charge in [0.1, 0.15) is 0 Å². The quantitative estimate of drug-likeness (QED) is 0.691. The molecule has 1 rings (SSSR count). The molecular weight excluding hydrogens is 235 g/mol. The van der Waals surface area contributed by atoms with E-state index in [-0.39, 0.29) is 0 Å². The van der Waals surface area contributed by atoms with Gasteiger partial charge >= 0.3 is 7.60 Å². The van der Waals surface area contributed by atoms with E-state index < -0.39 is 7.60 Å². The van der Waals surface area contributed by atoms with Crippen LogP contribution in [-0.2, 0) is 26.2 Å². The average Bonchev–Trinajstić information content (AvgIpc) is 2.30. The monoisotopic (exact) mass is 256 g/mol. The molecule has 0 fully saturated rings. The van der Waals surface area contributed by atoms with Crippen LogP contribution < -0.4 is 0 Å². The van der Waals surface area contributed by atoms with Crippen LogP contribution in [0.15, 0.2) is 24.3 Å². The van der Waals surface area contributed by atoms with Crippen LogP contribution in [0.25, 0.3) is 0 Å². The first kappa shape index (κ1) is 14.4. The predicted octanol–water partition coefficient (Wildman–Crippen LogP) is 4.02. The second-order valence-electron chi connectivity index (χ2n) is 3.73.